The van der Waals surface area contributed by atoms with Crippen LogP contribution in [0.15, 0.2) is 36.4 Å². The lowest BCUT2D eigenvalue weighted by atomic mass is 9.95. The molecule has 19 heavy (non-hydrogen) atoms. The van der Waals surface area contributed by atoms with E-state index in [1.807, 2.05) is 36.4 Å². The number of carbonyl (C=O) groups is 1. The standard InChI is InChI=1S/C15H16N2O2/c1-15(19)8-17(9-15)14(18)12-6-10-4-2-3-5-11(10)7-13(12)16/h2-7,19H,8-9,16H2,1H3. The van der Waals surface area contributed by atoms with Gasteiger partial charge in [0.1, 0.15) is 0 Å². The molecule has 0 aromatic heterocycles. The number of anilines is 1. The molecule has 4 nitrogen and oxygen atoms in total. The van der Waals surface area contributed by atoms with Crippen LogP contribution in [0.4, 0.5) is 5.69 Å². The van der Waals surface area contributed by atoms with Crippen LogP contribution in [-0.4, -0.2) is 34.6 Å². The molecule has 2 aromatic rings. The molecule has 2 aromatic carbocycles. The number of benzene rings is 2. The van der Waals surface area contributed by atoms with Crippen molar-refractivity contribution in [2.45, 2.75) is 12.5 Å². The Hall–Kier alpha value is -2.07. The molecular formula is C15H16N2O2. The highest BCUT2D eigenvalue weighted by molar-refractivity contribution is 6.04. The summed E-state index contributed by atoms with van der Waals surface area (Å²) in [5, 5.41) is 11.7. The summed E-state index contributed by atoms with van der Waals surface area (Å²) in [6.07, 6.45) is 0. The van der Waals surface area contributed by atoms with Crippen LogP contribution < -0.4 is 5.73 Å². The van der Waals surface area contributed by atoms with E-state index in [4.69, 9.17) is 5.73 Å². The van der Waals surface area contributed by atoms with Crippen molar-refractivity contribution in [2.24, 2.45) is 0 Å². The number of likely N-dealkylation sites (tertiary alicyclic amines) is 1. The molecule has 4 heteroatoms. The molecule has 0 saturated carbocycles. The Kier molecular flexibility index (Phi) is 2.50. The number of carbonyl (C=O) groups excluding carboxylic acids is 1. The number of fused-ring (bicyclic) bond motifs is 1. The van der Waals surface area contributed by atoms with E-state index in [1.165, 1.54) is 0 Å². The molecule has 3 N–H and O–H groups in total. The van der Waals surface area contributed by atoms with Crippen molar-refractivity contribution in [1.29, 1.82) is 0 Å². The van der Waals surface area contributed by atoms with Crippen LogP contribution in [0, 0.1) is 0 Å². The third kappa shape index (κ3) is 2.04. The number of nitrogens with zero attached hydrogens (tertiary/aromatic N) is 1. The van der Waals surface area contributed by atoms with Crippen LogP contribution >= 0.6 is 0 Å². The highest BCUT2D eigenvalue weighted by atomic mass is 16.3. The summed E-state index contributed by atoms with van der Waals surface area (Å²) in [5.74, 6) is -0.116. The Morgan fingerprint density at radius 3 is 2.42 bits per heavy atom. The monoisotopic (exact) mass is 256 g/mol. The average molecular weight is 256 g/mol. The van der Waals surface area contributed by atoms with Crippen LogP contribution in [0.25, 0.3) is 10.8 Å². The summed E-state index contributed by atoms with van der Waals surface area (Å²) in [6.45, 7) is 2.44. The Bertz CT molecular complexity index is 656. The lowest BCUT2D eigenvalue weighted by Crippen LogP contribution is -2.61. The zero-order valence-electron chi connectivity index (χ0n) is 10.8. The van der Waals surface area contributed by atoms with E-state index < -0.39 is 5.60 Å². The summed E-state index contributed by atoms with van der Waals surface area (Å²) in [7, 11) is 0. The SMILES string of the molecule is CC1(O)CN(C(=O)c2cc3ccccc3cc2N)C1. The van der Waals surface area contributed by atoms with Gasteiger partial charge >= 0.3 is 0 Å². The summed E-state index contributed by atoms with van der Waals surface area (Å²) < 4.78 is 0. The summed E-state index contributed by atoms with van der Waals surface area (Å²) >= 11 is 0. The van der Waals surface area contributed by atoms with Gasteiger partial charge in [0.25, 0.3) is 5.91 Å². The van der Waals surface area contributed by atoms with Gasteiger partial charge in [-0.2, -0.15) is 0 Å². The number of β-amino-alcohol motifs (C(OH)–C–C–N with tert-alkyl or cyclic N) is 1. The lowest BCUT2D eigenvalue weighted by Gasteiger charge is -2.44. The first-order valence-electron chi connectivity index (χ1n) is 6.26. The molecule has 0 aliphatic carbocycles. The molecule has 1 heterocycles. The van der Waals surface area contributed by atoms with Gasteiger partial charge in [-0.15, -0.1) is 0 Å². The largest absolute Gasteiger partial charge is 0.398 e. The topological polar surface area (TPSA) is 66.6 Å². The lowest BCUT2D eigenvalue weighted by molar-refractivity contribution is -0.0668. The number of amides is 1. The molecule has 0 spiro atoms. The summed E-state index contributed by atoms with van der Waals surface area (Å²) in [4.78, 5) is 13.9. The van der Waals surface area contributed by atoms with Gasteiger partial charge in [0.2, 0.25) is 0 Å². The number of nitrogen functional groups attached to an aromatic ring is 1. The molecule has 1 aliphatic heterocycles. The zero-order chi connectivity index (χ0) is 13.6. The molecule has 1 saturated heterocycles. The molecular weight excluding hydrogens is 240 g/mol. The number of nitrogens with two attached hydrogens (primary N) is 1. The Morgan fingerprint density at radius 2 is 1.84 bits per heavy atom. The van der Waals surface area contributed by atoms with E-state index >= 15 is 0 Å². The molecule has 0 unspecified atom stereocenters. The minimum Gasteiger partial charge on any atom is -0.398 e. The van der Waals surface area contributed by atoms with E-state index in [2.05, 4.69) is 0 Å². The fourth-order valence-corrected chi connectivity index (χ4v) is 2.53. The first-order chi connectivity index (χ1) is 8.96. The molecule has 98 valence electrons. The minimum atomic E-state index is -0.763. The van der Waals surface area contributed by atoms with Crippen molar-refractivity contribution in [1.82, 2.24) is 4.90 Å². The predicted octanol–water partition coefficient (Wildman–Crippen LogP) is 1.63. The fraction of sp³-hybridized carbons (Fsp3) is 0.267. The van der Waals surface area contributed by atoms with E-state index in [9.17, 15) is 9.90 Å². The number of aliphatic hydroxyl groups is 1. The van der Waals surface area contributed by atoms with E-state index in [0.29, 0.717) is 24.3 Å². The second-order valence-corrected chi connectivity index (χ2v) is 5.44. The van der Waals surface area contributed by atoms with Gasteiger partial charge in [-0.05, 0) is 29.8 Å². The smallest absolute Gasteiger partial charge is 0.256 e. The minimum absolute atomic E-state index is 0.116. The zero-order valence-corrected chi connectivity index (χ0v) is 10.8. The average Bonchev–Trinajstić information content (AvgIpc) is 2.34. The van der Waals surface area contributed by atoms with Crippen molar-refractivity contribution in [3.8, 4) is 0 Å². The fourth-order valence-electron chi connectivity index (χ4n) is 2.53. The van der Waals surface area contributed by atoms with Gasteiger partial charge in [0, 0.05) is 5.69 Å². The molecule has 1 amide bonds. The van der Waals surface area contributed by atoms with Gasteiger partial charge in [-0.1, -0.05) is 24.3 Å². The summed E-state index contributed by atoms with van der Waals surface area (Å²) in [5.41, 5.74) is 6.19. The highest BCUT2D eigenvalue weighted by Gasteiger charge is 2.40. The summed E-state index contributed by atoms with van der Waals surface area (Å²) in [6, 6.07) is 11.4. The molecule has 0 bridgehead atoms. The Labute approximate surface area is 111 Å². The van der Waals surface area contributed by atoms with Crippen molar-refractivity contribution in [2.75, 3.05) is 18.8 Å². The molecule has 0 atom stereocenters. The van der Waals surface area contributed by atoms with E-state index in [1.54, 1.807) is 11.8 Å². The quantitative estimate of drug-likeness (QED) is 0.762. The van der Waals surface area contributed by atoms with Crippen LogP contribution in [-0.2, 0) is 0 Å². The van der Waals surface area contributed by atoms with Gasteiger partial charge < -0.3 is 15.7 Å². The molecule has 0 radical (unpaired) electrons. The highest BCUT2D eigenvalue weighted by Crippen LogP contribution is 2.27. The van der Waals surface area contributed by atoms with E-state index in [0.717, 1.165) is 10.8 Å². The van der Waals surface area contributed by atoms with Crippen molar-refractivity contribution in [3.63, 3.8) is 0 Å². The molecule has 1 fully saturated rings. The van der Waals surface area contributed by atoms with Crippen LogP contribution in [0.1, 0.15) is 17.3 Å². The van der Waals surface area contributed by atoms with Crippen LogP contribution in [0.2, 0.25) is 0 Å². The second kappa shape index (κ2) is 3.96. The van der Waals surface area contributed by atoms with Crippen LogP contribution in [0.5, 0.6) is 0 Å². The normalized spacial score (nSPS) is 17.3. The third-order valence-corrected chi connectivity index (χ3v) is 3.50. The Balaban J connectivity index is 1.96. The first-order valence-corrected chi connectivity index (χ1v) is 6.26. The van der Waals surface area contributed by atoms with Crippen molar-refractivity contribution in [3.05, 3.63) is 42.0 Å². The van der Waals surface area contributed by atoms with Gasteiger partial charge in [-0.3, -0.25) is 4.79 Å². The van der Waals surface area contributed by atoms with Crippen molar-refractivity contribution >= 4 is 22.4 Å². The number of rotatable bonds is 1. The van der Waals surface area contributed by atoms with Gasteiger partial charge in [0.05, 0.1) is 24.3 Å². The molecule has 3 rings (SSSR count). The van der Waals surface area contributed by atoms with E-state index in [-0.39, 0.29) is 5.91 Å². The maximum absolute atomic E-state index is 12.3. The predicted molar refractivity (Wildman–Crippen MR) is 74.9 cm³/mol. The second-order valence-electron chi connectivity index (χ2n) is 5.44. The maximum Gasteiger partial charge on any atom is 0.256 e. The maximum atomic E-state index is 12.3. The van der Waals surface area contributed by atoms with Gasteiger partial charge in [-0.25, -0.2) is 0 Å². The van der Waals surface area contributed by atoms with Gasteiger partial charge in [0.15, 0.2) is 0 Å². The number of hydrogen-bond acceptors (Lipinski definition) is 3. The first kappa shape index (κ1) is 12.0. The molecule has 1 aliphatic rings. The van der Waals surface area contributed by atoms with Crippen LogP contribution in [0.3, 0.4) is 0 Å². The van der Waals surface area contributed by atoms with Crippen molar-refractivity contribution < 1.29 is 9.90 Å². The number of hydrogen-bond donors (Lipinski definition) is 2. The Morgan fingerprint density at radius 1 is 1.26 bits per heavy atom. The third-order valence-electron chi connectivity index (χ3n) is 3.50.